The van der Waals surface area contributed by atoms with Crippen LogP contribution in [-0.4, -0.2) is 29.9 Å². The van der Waals surface area contributed by atoms with Crippen LogP contribution in [-0.2, 0) is 11.3 Å². The monoisotopic (exact) mass is 394 g/mol. The Morgan fingerprint density at radius 1 is 1.19 bits per heavy atom. The highest BCUT2D eigenvalue weighted by molar-refractivity contribution is 7.98. The fourth-order valence-corrected chi connectivity index (χ4v) is 3.04. The first-order chi connectivity index (χ1) is 12.5. The molecule has 0 fully saturated rings. The van der Waals surface area contributed by atoms with Gasteiger partial charge in [-0.25, -0.2) is 4.39 Å². The molecule has 2 rings (SSSR count). The largest absolute Gasteiger partial charge is 0.350 e. The highest BCUT2D eigenvalue weighted by Gasteiger charge is 2.22. The van der Waals surface area contributed by atoms with E-state index in [4.69, 9.17) is 11.6 Å². The van der Waals surface area contributed by atoms with Gasteiger partial charge in [-0.3, -0.25) is 9.59 Å². The van der Waals surface area contributed by atoms with Gasteiger partial charge in [-0.1, -0.05) is 35.9 Å². The van der Waals surface area contributed by atoms with Crippen LogP contribution < -0.4 is 10.6 Å². The molecule has 2 aromatic carbocycles. The minimum Gasteiger partial charge on any atom is -0.350 e. The summed E-state index contributed by atoms with van der Waals surface area (Å²) in [5.74, 6) is -0.366. The highest BCUT2D eigenvalue weighted by Crippen LogP contribution is 2.15. The standard InChI is InChI=1S/C19H20ClFN2O2S/c1-26-10-9-17(23-18(24)15-7-2-3-8-16(15)20)19(25)22-12-13-5-4-6-14(21)11-13/h2-8,11,17H,9-10,12H2,1H3,(H,22,25)(H,23,24). The molecule has 2 amide bonds. The van der Waals surface area contributed by atoms with Crippen LogP contribution in [0.2, 0.25) is 5.02 Å². The molecule has 0 aliphatic carbocycles. The molecule has 7 heteroatoms. The van der Waals surface area contributed by atoms with Crippen molar-refractivity contribution in [2.45, 2.75) is 19.0 Å². The van der Waals surface area contributed by atoms with Gasteiger partial charge in [-0.15, -0.1) is 0 Å². The fraction of sp³-hybridized carbons (Fsp3) is 0.263. The SMILES string of the molecule is CSCCC(NC(=O)c1ccccc1Cl)C(=O)NCc1cccc(F)c1. The number of carbonyl (C=O) groups is 2. The van der Waals surface area contributed by atoms with Gasteiger partial charge in [-0.2, -0.15) is 11.8 Å². The number of hydrogen-bond acceptors (Lipinski definition) is 3. The lowest BCUT2D eigenvalue weighted by atomic mass is 10.1. The zero-order chi connectivity index (χ0) is 18.9. The van der Waals surface area contributed by atoms with E-state index in [9.17, 15) is 14.0 Å². The van der Waals surface area contributed by atoms with Gasteiger partial charge in [0.2, 0.25) is 5.91 Å². The maximum atomic E-state index is 13.2. The van der Waals surface area contributed by atoms with E-state index in [0.29, 0.717) is 28.3 Å². The molecular weight excluding hydrogens is 375 g/mol. The summed E-state index contributed by atoms with van der Waals surface area (Å²) in [5.41, 5.74) is 0.973. The molecule has 0 saturated carbocycles. The molecule has 138 valence electrons. The van der Waals surface area contributed by atoms with E-state index in [0.717, 1.165) is 0 Å². The summed E-state index contributed by atoms with van der Waals surface area (Å²) in [4.78, 5) is 24.9. The highest BCUT2D eigenvalue weighted by atomic mass is 35.5. The van der Waals surface area contributed by atoms with E-state index < -0.39 is 11.9 Å². The summed E-state index contributed by atoms with van der Waals surface area (Å²) in [5, 5.41) is 5.81. The lowest BCUT2D eigenvalue weighted by Gasteiger charge is -2.18. The molecule has 26 heavy (non-hydrogen) atoms. The molecule has 0 saturated heterocycles. The van der Waals surface area contributed by atoms with Crippen LogP contribution in [0.1, 0.15) is 22.3 Å². The summed E-state index contributed by atoms with van der Waals surface area (Å²) in [6, 6.07) is 12.0. The second-order valence-corrected chi connectivity index (χ2v) is 7.03. The lowest BCUT2D eigenvalue weighted by Crippen LogP contribution is -2.47. The van der Waals surface area contributed by atoms with Crippen molar-refractivity contribution in [2.24, 2.45) is 0 Å². The molecule has 2 N–H and O–H groups in total. The molecule has 0 radical (unpaired) electrons. The minimum absolute atomic E-state index is 0.189. The zero-order valence-electron chi connectivity index (χ0n) is 14.3. The van der Waals surface area contributed by atoms with E-state index in [1.807, 2.05) is 6.26 Å². The van der Waals surface area contributed by atoms with Crippen molar-refractivity contribution in [3.8, 4) is 0 Å². The second kappa shape index (κ2) is 10.2. The van der Waals surface area contributed by atoms with Crippen LogP contribution in [0, 0.1) is 5.82 Å². The van der Waals surface area contributed by atoms with Crippen LogP contribution in [0.3, 0.4) is 0 Å². The van der Waals surface area contributed by atoms with E-state index >= 15 is 0 Å². The van der Waals surface area contributed by atoms with Gasteiger partial charge in [0.1, 0.15) is 11.9 Å². The summed E-state index contributed by atoms with van der Waals surface area (Å²) in [6.45, 7) is 0.189. The van der Waals surface area contributed by atoms with Crippen molar-refractivity contribution in [1.82, 2.24) is 10.6 Å². The van der Waals surface area contributed by atoms with Gasteiger partial charge in [0, 0.05) is 6.54 Å². The summed E-state index contributed by atoms with van der Waals surface area (Å²) in [7, 11) is 0. The third-order valence-corrected chi connectivity index (χ3v) is 4.68. The number of carbonyl (C=O) groups excluding carboxylic acids is 2. The summed E-state index contributed by atoms with van der Waals surface area (Å²) < 4.78 is 13.2. The number of hydrogen-bond donors (Lipinski definition) is 2. The number of benzene rings is 2. The van der Waals surface area contributed by atoms with Gasteiger partial charge in [0.15, 0.2) is 0 Å². The van der Waals surface area contributed by atoms with E-state index in [1.165, 1.54) is 12.1 Å². The predicted octanol–water partition coefficient (Wildman–Crippen LogP) is 3.65. The van der Waals surface area contributed by atoms with E-state index in [2.05, 4.69) is 10.6 Å². The number of halogens is 2. The maximum Gasteiger partial charge on any atom is 0.253 e. The van der Waals surface area contributed by atoms with Crippen LogP contribution >= 0.6 is 23.4 Å². The van der Waals surface area contributed by atoms with Gasteiger partial charge < -0.3 is 10.6 Å². The smallest absolute Gasteiger partial charge is 0.253 e. The van der Waals surface area contributed by atoms with E-state index in [1.54, 1.807) is 48.2 Å². The molecule has 0 spiro atoms. The molecule has 0 aliphatic rings. The Balaban J connectivity index is 2.02. The predicted molar refractivity (Wildman–Crippen MR) is 104 cm³/mol. The molecule has 0 heterocycles. The molecule has 0 bridgehead atoms. The zero-order valence-corrected chi connectivity index (χ0v) is 15.9. The molecule has 4 nitrogen and oxygen atoms in total. The number of thioether (sulfide) groups is 1. The number of rotatable bonds is 8. The van der Waals surface area contributed by atoms with Crippen LogP contribution in [0.15, 0.2) is 48.5 Å². The van der Waals surface area contributed by atoms with Crippen LogP contribution in [0.5, 0.6) is 0 Å². The van der Waals surface area contributed by atoms with Gasteiger partial charge in [0.25, 0.3) is 5.91 Å². The van der Waals surface area contributed by atoms with Crippen molar-refractivity contribution in [2.75, 3.05) is 12.0 Å². The quantitative estimate of drug-likeness (QED) is 0.718. The normalized spacial score (nSPS) is 11.7. The Morgan fingerprint density at radius 2 is 1.96 bits per heavy atom. The van der Waals surface area contributed by atoms with Crippen LogP contribution in [0.4, 0.5) is 4.39 Å². The Morgan fingerprint density at radius 3 is 2.65 bits per heavy atom. The minimum atomic E-state index is -0.695. The fourth-order valence-electron chi connectivity index (χ4n) is 2.35. The Labute approximate surface area is 161 Å². The average Bonchev–Trinajstić information content (AvgIpc) is 2.63. The molecule has 2 aromatic rings. The molecule has 0 aromatic heterocycles. The summed E-state index contributed by atoms with van der Waals surface area (Å²) in [6.07, 6.45) is 2.41. The molecule has 1 atom stereocenters. The average molecular weight is 395 g/mol. The van der Waals surface area contributed by atoms with Crippen molar-refractivity contribution < 1.29 is 14.0 Å². The first-order valence-electron chi connectivity index (χ1n) is 8.07. The Hall–Kier alpha value is -2.05. The van der Waals surface area contributed by atoms with Gasteiger partial charge >= 0.3 is 0 Å². The second-order valence-electron chi connectivity index (χ2n) is 5.64. The third-order valence-electron chi connectivity index (χ3n) is 3.71. The lowest BCUT2D eigenvalue weighted by molar-refractivity contribution is -0.123. The topological polar surface area (TPSA) is 58.2 Å². The van der Waals surface area contributed by atoms with E-state index in [-0.39, 0.29) is 18.3 Å². The molecule has 1 unspecified atom stereocenters. The van der Waals surface area contributed by atoms with Crippen molar-refractivity contribution in [1.29, 1.82) is 0 Å². The van der Waals surface area contributed by atoms with Crippen molar-refractivity contribution in [3.05, 3.63) is 70.5 Å². The third kappa shape index (κ3) is 6.04. The summed E-state index contributed by atoms with van der Waals surface area (Å²) >= 11 is 7.62. The van der Waals surface area contributed by atoms with Crippen molar-refractivity contribution >= 4 is 35.2 Å². The molecule has 0 aliphatic heterocycles. The first kappa shape index (κ1) is 20.3. The first-order valence-corrected chi connectivity index (χ1v) is 9.85. The number of nitrogens with one attached hydrogen (secondary N) is 2. The van der Waals surface area contributed by atoms with Crippen LogP contribution in [0.25, 0.3) is 0 Å². The molecular formula is C19H20ClFN2O2S. The van der Waals surface area contributed by atoms with Crippen molar-refractivity contribution in [3.63, 3.8) is 0 Å². The van der Waals surface area contributed by atoms with Gasteiger partial charge in [-0.05, 0) is 48.3 Å². The Bertz CT molecular complexity index is 773. The number of amides is 2. The van der Waals surface area contributed by atoms with Gasteiger partial charge in [0.05, 0.1) is 10.6 Å². The Kier molecular flexibility index (Phi) is 7.94. The maximum absolute atomic E-state index is 13.2.